The first-order chi connectivity index (χ1) is 16.4. The Morgan fingerprint density at radius 2 is 1.97 bits per heavy atom. The number of ether oxygens (including phenoxy) is 1. The summed E-state index contributed by atoms with van der Waals surface area (Å²) in [4.78, 5) is 13.2. The van der Waals surface area contributed by atoms with Crippen molar-refractivity contribution in [3.63, 3.8) is 0 Å². The first-order valence-electron chi connectivity index (χ1n) is 10.9. The van der Waals surface area contributed by atoms with Crippen molar-refractivity contribution in [2.45, 2.75) is 38.5 Å². The quantitative estimate of drug-likeness (QED) is 0.202. The molecule has 0 saturated carbocycles. The maximum Gasteiger partial charge on any atom is 0.192 e. The second-order valence-electron chi connectivity index (χ2n) is 8.15. The van der Waals surface area contributed by atoms with Crippen LogP contribution in [0.4, 0.5) is 0 Å². The van der Waals surface area contributed by atoms with E-state index in [2.05, 4.69) is 21.7 Å². The Morgan fingerprint density at radius 3 is 2.65 bits per heavy atom. The minimum absolute atomic E-state index is 0.0505. The van der Waals surface area contributed by atoms with Crippen LogP contribution < -0.4 is 0 Å². The molecule has 3 aromatic heterocycles. The number of thioether (sulfide) groups is 1. The molecule has 1 unspecified atom stereocenters. The average molecular weight is 499 g/mol. The molecule has 0 radical (unpaired) electrons. The fraction of sp³-hybridized carbons (Fsp3) is 0.320. The lowest BCUT2D eigenvalue weighted by Crippen LogP contribution is -2.15. The second kappa shape index (κ2) is 10.6. The SMILES string of the molecule is COCC(C)n1c(C)cc(C(=O)CSc2nnc(-c3ccc(Cl)cc3)n2Cc2ccco2)c1C. The monoisotopic (exact) mass is 498 g/mol. The lowest BCUT2D eigenvalue weighted by Gasteiger charge is -2.17. The van der Waals surface area contributed by atoms with Crippen LogP contribution in [0.3, 0.4) is 0 Å². The molecule has 0 N–H and O–H groups in total. The highest BCUT2D eigenvalue weighted by Gasteiger charge is 2.21. The molecule has 0 spiro atoms. The molecule has 1 aromatic carbocycles. The minimum atomic E-state index is 0.0505. The highest BCUT2D eigenvalue weighted by atomic mass is 35.5. The van der Waals surface area contributed by atoms with Crippen LogP contribution in [-0.4, -0.2) is 44.6 Å². The van der Waals surface area contributed by atoms with Crippen molar-refractivity contribution in [3.05, 3.63) is 76.5 Å². The van der Waals surface area contributed by atoms with Crippen LogP contribution in [0, 0.1) is 13.8 Å². The van der Waals surface area contributed by atoms with E-state index < -0.39 is 0 Å². The van der Waals surface area contributed by atoms with Gasteiger partial charge in [-0.25, -0.2) is 0 Å². The summed E-state index contributed by atoms with van der Waals surface area (Å²) in [6.07, 6.45) is 1.64. The number of ketones is 1. The molecular formula is C25H27ClN4O3S. The van der Waals surface area contributed by atoms with Gasteiger partial charge in [0, 0.05) is 34.6 Å². The smallest absolute Gasteiger partial charge is 0.192 e. The van der Waals surface area contributed by atoms with Crippen LogP contribution in [0.1, 0.15) is 40.5 Å². The molecule has 0 fully saturated rings. The number of nitrogens with zero attached hydrogens (tertiary/aromatic N) is 4. The molecular weight excluding hydrogens is 472 g/mol. The Labute approximate surface area is 208 Å². The standard InChI is InChI=1S/C25H27ClN4O3S/c1-16-12-22(18(3)30(16)17(2)14-32-4)23(31)15-34-25-28-27-24(19-7-9-20(26)10-8-19)29(25)13-21-6-5-11-33-21/h5-12,17H,13-15H2,1-4H3. The Morgan fingerprint density at radius 1 is 1.21 bits per heavy atom. The van der Waals surface area contributed by atoms with E-state index in [4.69, 9.17) is 20.8 Å². The molecule has 34 heavy (non-hydrogen) atoms. The number of benzene rings is 1. The summed E-state index contributed by atoms with van der Waals surface area (Å²) < 4.78 is 15.0. The highest BCUT2D eigenvalue weighted by molar-refractivity contribution is 7.99. The zero-order chi connectivity index (χ0) is 24.2. The first-order valence-corrected chi connectivity index (χ1v) is 12.3. The van der Waals surface area contributed by atoms with E-state index in [1.165, 1.54) is 11.8 Å². The van der Waals surface area contributed by atoms with E-state index in [-0.39, 0.29) is 17.6 Å². The summed E-state index contributed by atoms with van der Waals surface area (Å²) >= 11 is 7.43. The van der Waals surface area contributed by atoms with Crippen molar-refractivity contribution < 1.29 is 13.9 Å². The number of methoxy groups -OCH3 is 1. The molecule has 1 atom stereocenters. The van der Waals surface area contributed by atoms with Gasteiger partial charge >= 0.3 is 0 Å². The van der Waals surface area contributed by atoms with Crippen molar-refractivity contribution in [3.8, 4) is 11.4 Å². The molecule has 9 heteroatoms. The van der Waals surface area contributed by atoms with Crippen LogP contribution in [0.25, 0.3) is 11.4 Å². The molecule has 7 nitrogen and oxygen atoms in total. The number of carbonyl (C=O) groups is 1. The predicted octanol–water partition coefficient (Wildman–Crippen LogP) is 5.84. The zero-order valence-electron chi connectivity index (χ0n) is 19.6. The van der Waals surface area contributed by atoms with Crippen molar-refractivity contribution in [1.29, 1.82) is 0 Å². The third-order valence-corrected chi connectivity index (χ3v) is 6.90. The van der Waals surface area contributed by atoms with Crippen molar-refractivity contribution in [2.24, 2.45) is 0 Å². The molecule has 0 aliphatic heterocycles. The fourth-order valence-corrected chi connectivity index (χ4v) is 5.12. The normalized spacial score (nSPS) is 12.3. The lowest BCUT2D eigenvalue weighted by molar-refractivity contribution is 0.102. The number of Topliss-reactive ketones (excluding diaryl/α,β-unsaturated/α-hetero) is 1. The van der Waals surface area contributed by atoms with Gasteiger partial charge in [0.2, 0.25) is 0 Å². The van der Waals surface area contributed by atoms with Crippen molar-refractivity contribution >= 4 is 29.1 Å². The number of aromatic nitrogens is 4. The Kier molecular flexibility index (Phi) is 7.60. The Balaban J connectivity index is 1.58. The highest BCUT2D eigenvalue weighted by Crippen LogP contribution is 2.28. The molecule has 4 rings (SSSR count). The van der Waals surface area contributed by atoms with Gasteiger partial charge in [0.1, 0.15) is 5.76 Å². The van der Waals surface area contributed by atoms with Gasteiger partial charge in [-0.15, -0.1) is 10.2 Å². The third kappa shape index (κ3) is 5.14. The molecule has 4 aromatic rings. The summed E-state index contributed by atoms with van der Waals surface area (Å²) in [5.41, 5.74) is 3.60. The van der Waals surface area contributed by atoms with Crippen LogP contribution in [0.5, 0.6) is 0 Å². The average Bonchev–Trinajstić information content (AvgIpc) is 3.53. The summed E-state index contributed by atoms with van der Waals surface area (Å²) in [6.45, 7) is 7.12. The Hall–Kier alpha value is -2.81. The zero-order valence-corrected chi connectivity index (χ0v) is 21.2. The number of rotatable bonds is 10. The lowest BCUT2D eigenvalue weighted by atomic mass is 10.2. The molecule has 0 aliphatic rings. The van der Waals surface area contributed by atoms with Crippen molar-refractivity contribution in [2.75, 3.05) is 19.5 Å². The van der Waals surface area contributed by atoms with Gasteiger partial charge < -0.3 is 13.7 Å². The molecule has 0 amide bonds. The van der Waals surface area contributed by atoms with E-state index in [9.17, 15) is 4.79 Å². The van der Waals surface area contributed by atoms with Crippen molar-refractivity contribution in [1.82, 2.24) is 19.3 Å². The number of halogens is 1. The summed E-state index contributed by atoms with van der Waals surface area (Å²) in [5, 5.41) is 10.1. The molecule has 178 valence electrons. The Bertz CT molecular complexity index is 1260. The molecule has 0 aliphatic carbocycles. The van der Waals surface area contributed by atoms with Gasteiger partial charge in [-0.05, 0) is 63.2 Å². The molecule has 0 saturated heterocycles. The van der Waals surface area contributed by atoms with Gasteiger partial charge in [0.05, 0.1) is 31.2 Å². The number of hydrogen-bond donors (Lipinski definition) is 0. The largest absolute Gasteiger partial charge is 0.467 e. The van der Waals surface area contributed by atoms with Gasteiger partial charge in [0.25, 0.3) is 0 Å². The maximum atomic E-state index is 13.2. The fourth-order valence-electron chi connectivity index (χ4n) is 4.17. The topological polar surface area (TPSA) is 75.1 Å². The second-order valence-corrected chi connectivity index (χ2v) is 9.53. The van der Waals surface area contributed by atoms with Gasteiger partial charge in [-0.3, -0.25) is 9.36 Å². The van der Waals surface area contributed by atoms with E-state index in [1.807, 2.05) is 60.9 Å². The van der Waals surface area contributed by atoms with E-state index in [0.717, 1.165) is 28.3 Å². The van der Waals surface area contributed by atoms with Gasteiger partial charge in [-0.2, -0.15) is 0 Å². The first kappa shape index (κ1) is 24.3. The minimum Gasteiger partial charge on any atom is -0.467 e. The van der Waals surface area contributed by atoms with E-state index in [0.29, 0.717) is 29.2 Å². The number of aryl methyl sites for hydroxylation is 1. The van der Waals surface area contributed by atoms with Crippen LogP contribution >= 0.6 is 23.4 Å². The maximum absolute atomic E-state index is 13.2. The number of hydrogen-bond acceptors (Lipinski definition) is 6. The summed E-state index contributed by atoms with van der Waals surface area (Å²) in [7, 11) is 1.69. The van der Waals surface area contributed by atoms with E-state index >= 15 is 0 Å². The summed E-state index contributed by atoms with van der Waals surface area (Å²) in [6, 6.07) is 13.3. The van der Waals surface area contributed by atoms with Gasteiger partial charge in [0.15, 0.2) is 16.8 Å². The summed E-state index contributed by atoms with van der Waals surface area (Å²) in [5.74, 6) is 1.77. The third-order valence-electron chi connectivity index (χ3n) is 5.68. The van der Waals surface area contributed by atoms with Crippen LogP contribution in [0.2, 0.25) is 5.02 Å². The van der Waals surface area contributed by atoms with Crippen LogP contribution in [-0.2, 0) is 11.3 Å². The predicted molar refractivity (Wildman–Crippen MR) is 134 cm³/mol. The van der Waals surface area contributed by atoms with Gasteiger partial charge in [-0.1, -0.05) is 23.4 Å². The van der Waals surface area contributed by atoms with Crippen LogP contribution in [0.15, 0.2) is 58.3 Å². The number of carbonyl (C=O) groups excluding carboxylic acids is 1. The molecule has 3 heterocycles. The number of furan rings is 1. The molecule has 0 bridgehead atoms. The van der Waals surface area contributed by atoms with E-state index in [1.54, 1.807) is 13.4 Å².